The Bertz CT molecular complexity index is 127. The second-order valence-electron chi connectivity index (χ2n) is 2.77. The standard InChI is InChI=1S/C8H15BrO3/c9-6-5-7(10)3-1-2-4-8(11)12/h7,10H,1-6H2,(H,11,12)/t7-/m0/s1. The summed E-state index contributed by atoms with van der Waals surface area (Å²) in [6.07, 6.45) is 2.83. The Morgan fingerprint density at radius 2 is 2.00 bits per heavy atom. The van der Waals surface area contributed by atoms with E-state index in [9.17, 15) is 9.90 Å². The van der Waals surface area contributed by atoms with Crippen molar-refractivity contribution < 1.29 is 15.0 Å². The maximum Gasteiger partial charge on any atom is 0.303 e. The van der Waals surface area contributed by atoms with Gasteiger partial charge in [0.05, 0.1) is 6.10 Å². The van der Waals surface area contributed by atoms with Gasteiger partial charge in [-0.15, -0.1) is 0 Å². The minimum Gasteiger partial charge on any atom is -0.481 e. The summed E-state index contributed by atoms with van der Waals surface area (Å²) in [7, 11) is 0. The van der Waals surface area contributed by atoms with Crippen molar-refractivity contribution in [2.45, 2.75) is 38.2 Å². The highest BCUT2D eigenvalue weighted by molar-refractivity contribution is 9.09. The molecule has 3 nitrogen and oxygen atoms in total. The number of carboxylic acids is 1. The second-order valence-corrected chi connectivity index (χ2v) is 3.56. The fourth-order valence-electron chi connectivity index (χ4n) is 0.926. The molecule has 0 saturated heterocycles. The van der Waals surface area contributed by atoms with Crippen molar-refractivity contribution in [2.24, 2.45) is 0 Å². The molecule has 12 heavy (non-hydrogen) atoms. The first-order valence-corrected chi connectivity index (χ1v) is 5.24. The molecule has 0 aliphatic carbocycles. The van der Waals surface area contributed by atoms with Gasteiger partial charge in [-0.2, -0.15) is 0 Å². The molecule has 72 valence electrons. The van der Waals surface area contributed by atoms with E-state index in [1.54, 1.807) is 0 Å². The third-order valence-electron chi connectivity index (χ3n) is 1.62. The van der Waals surface area contributed by atoms with Crippen molar-refractivity contribution in [1.82, 2.24) is 0 Å². The lowest BCUT2D eigenvalue weighted by Crippen LogP contribution is -2.06. The molecule has 2 N–H and O–H groups in total. The first-order chi connectivity index (χ1) is 5.66. The van der Waals surface area contributed by atoms with Crippen LogP contribution in [0.4, 0.5) is 0 Å². The molecule has 0 amide bonds. The van der Waals surface area contributed by atoms with Crippen LogP contribution in [-0.2, 0) is 4.79 Å². The van der Waals surface area contributed by atoms with Crippen LogP contribution < -0.4 is 0 Å². The van der Waals surface area contributed by atoms with Gasteiger partial charge in [-0.05, 0) is 19.3 Å². The lowest BCUT2D eigenvalue weighted by Gasteiger charge is -2.06. The fraction of sp³-hybridized carbons (Fsp3) is 0.875. The quantitative estimate of drug-likeness (QED) is 0.526. The first-order valence-electron chi connectivity index (χ1n) is 4.12. The number of carboxylic acid groups (broad SMARTS) is 1. The predicted octanol–water partition coefficient (Wildman–Crippen LogP) is 1.78. The summed E-state index contributed by atoms with van der Waals surface area (Å²) in [4.78, 5) is 10.1. The van der Waals surface area contributed by atoms with Crippen molar-refractivity contribution in [2.75, 3.05) is 5.33 Å². The molecule has 1 atom stereocenters. The number of alkyl halides is 1. The number of aliphatic hydroxyl groups is 1. The average molecular weight is 239 g/mol. The SMILES string of the molecule is O=C(O)CCCC[C@H](O)CCBr. The monoisotopic (exact) mass is 238 g/mol. The lowest BCUT2D eigenvalue weighted by atomic mass is 10.1. The molecule has 0 aromatic rings. The van der Waals surface area contributed by atoms with Crippen LogP contribution in [-0.4, -0.2) is 27.6 Å². The number of carbonyl (C=O) groups is 1. The van der Waals surface area contributed by atoms with E-state index in [2.05, 4.69) is 15.9 Å². The van der Waals surface area contributed by atoms with Crippen LogP contribution in [0.25, 0.3) is 0 Å². The largest absolute Gasteiger partial charge is 0.481 e. The highest BCUT2D eigenvalue weighted by atomic mass is 79.9. The highest BCUT2D eigenvalue weighted by Gasteiger charge is 2.03. The Labute approximate surface area is 80.9 Å². The molecular weight excluding hydrogens is 224 g/mol. The zero-order valence-corrected chi connectivity index (χ0v) is 8.59. The van der Waals surface area contributed by atoms with Gasteiger partial charge in [0.2, 0.25) is 0 Å². The zero-order chi connectivity index (χ0) is 9.40. The summed E-state index contributed by atoms with van der Waals surface area (Å²) in [5.74, 6) is -0.759. The minimum absolute atomic E-state index is 0.209. The molecule has 0 aliphatic rings. The van der Waals surface area contributed by atoms with Gasteiger partial charge in [0.25, 0.3) is 0 Å². The van der Waals surface area contributed by atoms with Crippen molar-refractivity contribution in [3.8, 4) is 0 Å². The number of rotatable bonds is 7. The summed E-state index contributed by atoms with van der Waals surface area (Å²) in [6.45, 7) is 0. The summed E-state index contributed by atoms with van der Waals surface area (Å²) in [5, 5.41) is 18.3. The van der Waals surface area contributed by atoms with Crippen LogP contribution in [0.1, 0.15) is 32.1 Å². The zero-order valence-electron chi connectivity index (χ0n) is 7.00. The summed E-state index contributed by atoms with van der Waals surface area (Å²) in [6, 6.07) is 0. The van der Waals surface area contributed by atoms with Crippen LogP contribution in [0.5, 0.6) is 0 Å². The maximum absolute atomic E-state index is 10.1. The van der Waals surface area contributed by atoms with Crippen molar-refractivity contribution in [3.05, 3.63) is 0 Å². The normalized spacial score (nSPS) is 12.8. The molecule has 0 spiro atoms. The van der Waals surface area contributed by atoms with Crippen LogP contribution in [0, 0.1) is 0 Å². The second kappa shape index (κ2) is 7.55. The molecule has 0 unspecified atom stereocenters. The Balaban J connectivity index is 3.13. The Morgan fingerprint density at radius 1 is 1.33 bits per heavy atom. The van der Waals surface area contributed by atoms with E-state index < -0.39 is 5.97 Å². The van der Waals surface area contributed by atoms with Gasteiger partial charge < -0.3 is 10.2 Å². The number of hydrogen-bond donors (Lipinski definition) is 2. The Morgan fingerprint density at radius 3 is 2.50 bits per heavy atom. The van der Waals surface area contributed by atoms with Gasteiger partial charge in [-0.25, -0.2) is 0 Å². The van der Waals surface area contributed by atoms with Crippen molar-refractivity contribution in [3.63, 3.8) is 0 Å². The molecule has 4 heteroatoms. The van der Waals surface area contributed by atoms with E-state index in [0.29, 0.717) is 12.8 Å². The summed E-state index contributed by atoms with van der Waals surface area (Å²) < 4.78 is 0. The number of hydrogen-bond acceptors (Lipinski definition) is 2. The van der Waals surface area contributed by atoms with E-state index >= 15 is 0 Å². The molecule has 0 heterocycles. The topological polar surface area (TPSA) is 57.5 Å². The minimum atomic E-state index is -0.759. The molecule has 0 radical (unpaired) electrons. The van der Waals surface area contributed by atoms with E-state index in [1.807, 2.05) is 0 Å². The fourth-order valence-corrected chi connectivity index (χ4v) is 1.45. The molecule has 0 aliphatic heterocycles. The van der Waals surface area contributed by atoms with E-state index in [-0.39, 0.29) is 12.5 Å². The van der Waals surface area contributed by atoms with Crippen molar-refractivity contribution >= 4 is 21.9 Å². The smallest absolute Gasteiger partial charge is 0.303 e. The highest BCUT2D eigenvalue weighted by Crippen LogP contribution is 2.07. The third kappa shape index (κ3) is 8.01. The number of halogens is 1. The van der Waals surface area contributed by atoms with Crippen LogP contribution in [0.2, 0.25) is 0 Å². The number of aliphatic carboxylic acids is 1. The third-order valence-corrected chi connectivity index (χ3v) is 2.08. The van der Waals surface area contributed by atoms with Gasteiger partial charge in [-0.3, -0.25) is 4.79 Å². The van der Waals surface area contributed by atoms with E-state index in [0.717, 1.165) is 18.2 Å². The van der Waals surface area contributed by atoms with Gasteiger partial charge >= 0.3 is 5.97 Å². The van der Waals surface area contributed by atoms with Crippen LogP contribution >= 0.6 is 15.9 Å². The van der Waals surface area contributed by atoms with Crippen LogP contribution in [0.3, 0.4) is 0 Å². The molecule has 0 rings (SSSR count). The van der Waals surface area contributed by atoms with Crippen LogP contribution in [0.15, 0.2) is 0 Å². The van der Waals surface area contributed by atoms with Gasteiger partial charge in [0.1, 0.15) is 0 Å². The maximum atomic E-state index is 10.1. The average Bonchev–Trinajstić information content (AvgIpc) is 1.98. The van der Waals surface area contributed by atoms with Crippen molar-refractivity contribution in [1.29, 1.82) is 0 Å². The molecule has 0 aromatic carbocycles. The summed E-state index contributed by atoms with van der Waals surface area (Å²) >= 11 is 3.23. The molecule has 0 saturated carbocycles. The van der Waals surface area contributed by atoms with Gasteiger partial charge in [0.15, 0.2) is 0 Å². The molecule has 0 fully saturated rings. The lowest BCUT2D eigenvalue weighted by molar-refractivity contribution is -0.137. The molecule has 0 bridgehead atoms. The first kappa shape index (κ1) is 11.9. The van der Waals surface area contributed by atoms with E-state index in [4.69, 9.17) is 5.11 Å². The van der Waals surface area contributed by atoms with Gasteiger partial charge in [0, 0.05) is 11.8 Å². The Kier molecular flexibility index (Phi) is 7.50. The van der Waals surface area contributed by atoms with Gasteiger partial charge in [-0.1, -0.05) is 22.4 Å². The number of unbranched alkanes of at least 4 members (excludes halogenated alkanes) is 1. The predicted molar refractivity (Wildman–Crippen MR) is 50.5 cm³/mol. The Hall–Kier alpha value is -0.0900. The summed E-state index contributed by atoms with van der Waals surface area (Å²) in [5.41, 5.74) is 0. The number of aliphatic hydroxyl groups excluding tert-OH is 1. The molecule has 0 aromatic heterocycles. The molecular formula is C8H15BrO3. The van der Waals surface area contributed by atoms with E-state index in [1.165, 1.54) is 0 Å².